The summed E-state index contributed by atoms with van der Waals surface area (Å²) in [5, 5.41) is 0. The lowest BCUT2D eigenvalue weighted by Crippen LogP contribution is -2.76. The summed E-state index contributed by atoms with van der Waals surface area (Å²) in [6.45, 7) is 15.7. The molecule has 1 aliphatic heterocycles. The molecule has 112 valence electrons. The van der Waals surface area contributed by atoms with Crippen molar-refractivity contribution >= 4 is 23.4 Å². The SMILES string of the molecule is CC1(C)C[Si](C)(C)[SiH](NCc2ccccc2)[Si](C)(C)O1. The lowest BCUT2D eigenvalue weighted by Gasteiger charge is -2.52. The highest BCUT2D eigenvalue weighted by atomic mass is 29.6. The van der Waals surface area contributed by atoms with E-state index >= 15 is 0 Å². The van der Waals surface area contributed by atoms with Crippen LogP contribution in [0.4, 0.5) is 0 Å². The summed E-state index contributed by atoms with van der Waals surface area (Å²) in [5.41, 5.74) is 1.50. The maximum atomic E-state index is 6.57. The standard InChI is InChI=1S/C15H29NOSi3/c1-15(2)13-19(3,4)18(20(5,6)17-15)16-12-14-10-8-7-9-11-14/h7-11,16,18H,12-13H2,1-6H3. The van der Waals surface area contributed by atoms with Crippen molar-refractivity contribution in [1.29, 1.82) is 0 Å². The molecule has 1 heterocycles. The van der Waals surface area contributed by atoms with Crippen molar-refractivity contribution in [3.8, 4) is 0 Å². The van der Waals surface area contributed by atoms with Crippen LogP contribution in [0.15, 0.2) is 30.3 Å². The topological polar surface area (TPSA) is 21.3 Å². The van der Waals surface area contributed by atoms with Crippen molar-refractivity contribution in [2.45, 2.75) is 58.2 Å². The third-order valence-corrected chi connectivity index (χ3v) is 35.0. The van der Waals surface area contributed by atoms with E-state index in [4.69, 9.17) is 4.43 Å². The predicted octanol–water partition coefficient (Wildman–Crippen LogP) is 3.38. The van der Waals surface area contributed by atoms with E-state index in [2.05, 4.69) is 75.3 Å². The van der Waals surface area contributed by atoms with Crippen LogP contribution in [0.1, 0.15) is 19.4 Å². The number of hydrogen-bond donors (Lipinski definition) is 1. The fourth-order valence-electron chi connectivity index (χ4n) is 4.29. The Kier molecular flexibility index (Phi) is 4.47. The van der Waals surface area contributed by atoms with Crippen LogP contribution in [-0.4, -0.2) is 29.0 Å². The normalized spacial score (nSPS) is 27.2. The summed E-state index contributed by atoms with van der Waals surface area (Å²) in [6.07, 6.45) is 0. The first kappa shape index (κ1) is 16.2. The number of hydrogen-bond acceptors (Lipinski definition) is 2. The van der Waals surface area contributed by atoms with Crippen LogP contribution < -0.4 is 4.98 Å². The first-order valence-electron chi connectivity index (χ1n) is 7.60. The van der Waals surface area contributed by atoms with Gasteiger partial charge >= 0.3 is 0 Å². The van der Waals surface area contributed by atoms with Gasteiger partial charge in [-0.15, -0.1) is 0 Å². The van der Waals surface area contributed by atoms with E-state index in [1.54, 1.807) is 0 Å². The molecule has 20 heavy (non-hydrogen) atoms. The minimum absolute atomic E-state index is 0.101. The molecule has 2 rings (SSSR count). The molecule has 1 unspecified atom stereocenters. The van der Waals surface area contributed by atoms with Crippen LogP contribution in [0, 0.1) is 0 Å². The fourth-order valence-corrected chi connectivity index (χ4v) is 43.1. The van der Waals surface area contributed by atoms with Crippen LogP contribution in [0.3, 0.4) is 0 Å². The molecular formula is C15H29NOSi3. The highest BCUT2D eigenvalue weighted by Crippen LogP contribution is 2.36. The summed E-state index contributed by atoms with van der Waals surface area (Å²) in [7, 11) is -3.73. The van der Waals surface area contributed by atoms with Crippen molar-refractivity contribution in [3.05, 3.63) is 35.9 Å². The Labute approximate surface area is 127 Å². The molecule has 1 atom stereocenters. The van der Waals surface area contributed by atoms with E-state index in [9.17, 15) is 0 Å². The Morgan fingerprint density at radius 2 is 1.75 bits per heavy atom. The van der Waals surface area contributed by atoms with Crippen molar-refractivity contribution < 1.29 is 4.43 Å². The molecule has 0 saturated carbocycles. The number of rotatable bonds is 3. The Bertz CT molecular complexity index is 439. The van der Waals surface area contributed by atoms with E-state index in [1.165, 1.54) is 11.6 Å². The maximum Gasteiger partial charge on any atom is 0.185 e. The minimum Gasteiger partial charge on any atom is -0.414 e. The van der Waals surface area contributed by atoms with Gasteiger partial charge in [0.25, 0.3) is 0 Å². The number of nitrogens with one attached hydrogen (secondary N) is 1. The Morgan fingerprint density at radius 3 is 2.30 bits per heavy atom. The van der Waals surface area contributed by atoms with Crippen molar-refractivity contribution in [2.24, 2.45) is 0 Å². The predicted molar refractivity (Wildman–Crippen MR) is 95.4 cm³/mol. The highest BCUT2D eigenvalue weighted by Gasteiger charge is 2.54. The smallest absolute Gasteiger partial charge is 0.185 e. The molecule has 1 fully saturated rings. The van der Waals surface area contributed by atoms with Crippen LogP contribution in [-0.2, 0) is 11.0 Å². The molecule has 0 bridgehead atoms. The molecule has 1 aromatic carbocycles. The zero-order chi connectivity index (χ0) is 15.0. The van der Waals surface area contributed by atoms with Gasteiger partial charge in [0.05, 0.1) is 7.59 Å². The molecule has 0 aliphatic carbocycles. The summed E-state index contributed by atoms with van der Waals surface area (Å²) < 4.78 is 6.57. The van der Waals surface area contributed by atoms with Gasteiger partial charge in [-0.05, 0) is 38.5 Å². The van der Waals surface area contributed by atoms with E-state index in [-0.39, 0.29) is 5.60 Å². The van der Waals surface area contributed by atoms with Crippen LogP contribution in [0.5, 0.6) is 0 Å². The molecule has 1 aliphatic rings. The van der Waals surface area contributed by atoms with Crippen LogP contribution >= 0.6 is 0 Å². The first-order chi connectivity index (χ1) is 9.12. The summed E-state index contributed by atoms with van der Waals surface area (Å²) >= 11 is 0. The second-order valence-corrected chi connectivity index (χ2v) is 31.0. The Balaban J connectivity index is 2.13. The van der Waals surface area contributed by atoms with Crippen molar-refractivity contribution in [3.63, 3.8) is 0 Å². The van der Waals surface area contributed by atoms with E-state index < -0.39 is 23.4 Å². The average Bonchev–Trinajstić information content (AvgIpc) is 2.25. The largest absolute Gasteiger partial charge is 0.414 e. The molecule has 5 heteroatoms. The van der Waals surface area contributed by atoms with Crippen molar-refractivity contribution in [2.75, 3.05) is 0 Å². The van der Waals surface area contributed by atoms with Crippen molar-refractivity contribution in [1.82, 2.24) is 4.98 Å². The number of benzene rings is 1. The van der Waals surface area contributed by atoms with Gasteiger partial charge in [0.2, 0.25) is 0 Å². The lowest BCUT2D eigenvalue weighted by molar-refractivity contribution is 0.123. The first-order valence-corrected chi connectivity index (χ1v) is 17.9. The molecule has 1 N–H and O–H groups in total. The zero-order valence-electron chi connectivity index (χ0n) is 13.8. The zero-order valence-corrected chi connectivity index (χ0v) is 16.9. The minimum atomic E-state index is -1.56. The molecule has 2 nitrogen and oxygen atoms in total. The Morgan fingerprint density at radius 1 is 1.15 bits per heavy atom. The lowest BCUT2D eigenvalue weighted by atomic mass is 10.2. The maximum absolute atomic E-state index is 6.57. The molecule has 0 aromatic heterocycles. The molecular weight excluding hydrogens is 294 g/mol. The Hall–Kier alpha value is -0.209. The van der Waals surface area contributed by atoms with E-state index in [0.717, 1.165) is 6.54 Å². The summed E-state index contributed by atoms with van der Waals surface area (Å²) in [5.74, 6) is 0. The van der Waals surface area contributed by atoms with Gasteiger partial charge in [-0.25, -0.2) is 0 Å². The monoisotopic (exact) mass is 323 g/mol. The second-order valence-electron chi connectivity index (χ2n) is 7.93. The molecule has 0 spiro atoms. The van der Waals surface area contributed by atoms with Gasteiger partial charge < -0.3 is 9.41 Å². The summed E-state index contributed by atoms with van der Waals surface area (Å²) in [6, 6.07) is 12.1. The van der Waals surface area contributed by atoms with Gasteiger partial charge in [-0.2, -0.15) is 0 Å². The highest BCUT2D eigenvalue weighted by molar-refractivity contribution is 7.58. The third kappa shape index (κ3) is 3.71. The third-order valence-electron chi connectivity index (χ3n) is 4.25. The van der Waals surface area contributed by atoms with Gasteiger partial charge in [-0.3, -0.25) is 0 Å². The van der Waals surface area contributed by atoms with E-state index in [0.29, 0.717) is 0 Å². The van der Waals surface area contributed by atoms with Gasteiger partial charge in [0.15, 0.2) is 7.83 Å². The van der Waals surface area contributed by atoms with Gasteiger partial charge in [0, 0.05) is 12.1 Å². The summed E-state index contributed by atoms with van der Waals surface area (Å²) in [4.78, 5) is 3.99. The molecule has 1 aromatic rings. The van der Waals surface area contributed by atoms with Gasteiger partial charge in [-0.1, -0.05) is 43.4 Å². The van der Waals surface area contributed by atoms with Crippen LogP contribution in [0.2, 0.25) is 32.2 Å². The second kappa shape index (κ2) is 5.53. The van der Waals surface area contributed by atoms with E-state index in [1.807, 2.05) is 0 Å². The average molecular weight is 324 g/mol. The molecule has 0 amide bonds. The van der Waals surface area contributed by atoms with Gasteiger partial charge in [0.1, 0.15) is 7.99 Å². The van der Waals surface area contributed by atoms with Crippen LogP contribution in [0.25, 0.3) is 0 Å². The quantitative estimate of drug-likeness (QED) is 0.861. The molecule has 1 saturated heterocycles. The molecule has 0 radical (unpaired) electrons. The fraction of sp³-hybridized carbons (Fsp3) is 0.600.